The van der Waals surface area contributed by atoms with E-state index in [1.54, 1.807) is 73.4 Å². The summed E-state index contributed by atoms with van der Waals surface area (Å²) in [6, 6.07) is 6.87. The predicted molar refractivity (Wildman–Crippen MR) is 287 cm³/mol. The molecule has 0 bridgehead atoms. The second-order valence-electron chi connectivity index (χ2n) is 24.5. The summed E-state index contributed by atoms with van der Waals surface area (Å²) in [7, 11) is 7.93. The number of hydrogen-bond acceptors (Lipinski definition) is 22. The van der Waals surface area contributed by atoms with E-state index >= 15 is 0 Å². The van der Waals surface area contributed by atoms with E-state index in [1.165, 1.54) is 14.0 Å². The molecule has 7 fully saturated rings. The lowest BCUT2D eigenvalue weighted by molar-refractivity contribution is -0.356. The molecule has 0 spiro atoms. The van der Waals surface area contributed by atoms with Gasteiger partial charge in [-0.05, 0) is 97.1 Å². The molecule has 0 amide bonds. The molecule has 3 saturated carbocycles. The van der Waals surface area contributed by atoms with Gasteiger partial charge in [0, 0.05) is 73.3 Å². The number of aliphatic hydroxyl groups is 5. The highest BCUT2D eigenvalue weighted by Crippen LogP contribution is 2.71. The van der Waals surface area contributed by atoms with Crippen molar-refractivity contribution in [2.24, 2.45) is 16.7 Å². The number of carbonyl (C=O) groups excluding carboxylic acids is 2. The molecule has 0 unspecified atom stereocenters. The first-order valence-corrected chi connectivity index (χ1v) is 29.1. The van der Waals surface area contributed by atoms with Gasteiger partial charge in [0.05, 0.1) is 59.8 Å². The van der Waals surface area contributed by atoms with Crippen LogP contribution in [0.3, 0.4) is 0 Å². The third-order valence-corrected chi connectivity index (χ3v) is 20.4. The van der Waals surface area contributed by atoms with Crippen molar-refractivity contribution in [3.63, 3.8) is 0 Å². The number of fused-ring (bicyclic) bond motifs is 5. The molecule has 0 radical (unpaired) electrons. The summed E-state index contributed by atoms with van der Waals surface area (Å²) in [5.41, 5.74) is -6.01. The summed E-state index contributed by atoms with van der Waals surface area (Å²) >= 11 is 0. The van der Waals surface area contributed by atoms with Crippen LogP contribution in [-0.2, 0) is 71.1 Å². The minimum Gasteiger partial charge on any atom is -0.462 e. The summed E-state index contributed by atoms with van der Waals surface area (Å²) in [6.45, 7) is 14.0. The van der Waals surface area contributed by atoms with Gasteiger partial charge in [0.15, 0.2) is 25.2 Å². The maximum Gasteiger partial charge on any atom is 0.340 e. The van der Waals surface area contributed by atoms with Gasteiger partial charge in [-0.15, -0.1) is 0 Å². The molecule has 4 heterocycles. The molecule has 458 valence electrons. The lowest BCUT2D eigenvalue weighted by Gasteiger charge is -2.67. The van der Waals surface area contributed by atoms with Gasteiger partial charge in [-0.1, -0.05) is 37.6 Å². The number of benzene rings is 1. The van der Waals surface area contributed by atoms with Crippen molar-refractivity contribution < 1.29 is 101 Å². The molecule has 26 atom stereocenters. The number of methoxy groups -OCH3 is 4. The maximum atomic E-state index is 13.6. The van der Waals surface area contributed by atoms with Crippen molar-refractivity contribution in [3.05, 3.63) is 41.5 Å². The normalized spacial score (nSPS) is 47.5. The number of rotatable bonds is 17. The first-order valence-electron chi connectivity index (χ1n) is 29.1. The second kappa shape index (κ2) is 24.4. The molecule has 6 N–H and O–H groups in total. The van der Waals surface area contributed by atoms with Crippen LogP contribution < -0.4 is 5.32 Å². The van der Waals surface area contributed by atoms with Crippen LogP contribution in [0.25, 0.3) is 0 Å². The van der Waals surface area contributed by atoms with Gasteiger partial charge >= 0.3 is 11.9 Å². The molecule has 1 aromatic carbocycles. The molecule has 4 saturated heterocycles. The minimum absolute atomic E-state index is 0.0249. The van der Waals surface area contributed by atoms with Crippen LogP contribution in [-0.4, -0.2) is 213 Å². The summed E-state index contributed by atoms with van der Waals surface area (Å²) in [4.78, 5) is 26.6. The molecule has 22 heteroatoms. The minimum atomic E-state index is -1.96. The number of carbonyl (C=O) groups is 2. The Balaban J connectivity index is 0.811. The SMILES string of the molecule is CNc1ccccc1C(=O)O[C@@H](C)[C@]1(O)CC[C@@]2(O)[C@]1(C)[C@H](OC(C)=O)C[C@@H]1[C@@]3(C)CC[C@H](O[C@H]4C[C@H](OC)[C@H](O[C@H]5C[C@H](OC)[C@H](O[C@H]6C[C@H](OC)[C@H](O[C@@H]7O[C@H](C)[C@@H](O)[C@@H](OC)[C@H]7O)[C@@H](C)O6)[C@@H](C)O5)[C@@H](C)O4)CC3=CC[C@]12O. The number of esters is 2. The molecular formula is C59H91NO21. The first-order chi connectivity index (χ1) is 38.3. The van der Waals surface area contributed by atoms with Crippen LogP contribution in [0.4, 0.5) is 5.69 Å². The fraction of sp³-hybridized carbons (Fsp3) is 0.831. The largest absolute Gasteiger partial charge is 0.462 e. The standard InChI is InChI=1S/C59H91NO21/c1-29-47(62)52(71-13)48(63)54(75-29)81-51-32(4)74-46(27-41(51)70-12)80-50-31(3)73-45(26-40(50)69-11)79-49-30(2)72-44(25-39(49)68-10)78-36-19-20-55(7)35(24-36)18-21-58(66)42(55)28-43(77-34(6)61)56(8)57(65,22-23-59(56,58)67)33(5)76-53(64)37-16-14-15-17-38(37)60-9/h14-18,29-33,36,39-52,54,60,62-63,65-67H,19-28H2,1-13H3/t29-,30-,31-,32-,33+,36+,39+,40+,41+,42-,43-,44+,45+,46+,47-,48-,49-,50-,51-,52-,54+,55+,56-,57-,58+,59-/m1/s1. The third-order valence-electron chi connectivity index (χ3n) is 20.4. The van der Waals surface area contributed by atoms with E-state index in [0.717, 1.165) is 5.57 Å². The number of ether oxygens (including phenoxy) is 14. The summed E-state index contributed by atoms with van der Waals surface area (Å²) in [6.07, 6.45) is -9.09. The highest BCUT2D eigenvalue weighted by Gasteiger charge is 2.81. The van der Waals surface area contributed by atoms with Crippen LogP contribution >= 0.6 is 0 Å². The average molecular weight is 1150 g/mol. The first kappa shape index (κ1) is 62.5. The Morgan fingerprint density at radius 3 is 1.79 bits per heavy atom. The number of para-hydroxylation sites is 1. The van der Waals surface area contributed by atoms with Gasteiger partial charge in [-0.2, -0.15) is 0 Å². The highest BCUT2D eigenvalue weighted by molar-refractivity contribution is 5.95. The number of aliphatic hydroxyl groups excluding tert-OH is 2. The van der Waals surface area contributed by atoms with E-state index in [4.69, 9.17) is 66.3 Å². The number of nitrogens with one attached hydrogen (secondary N) is 1. The Morgan fingerprint density at radius 2 is 1.25 bits per heavy atom. The van der Waals surface area contributed by atoms with Gasteiger partial charge < -0.3 is 97.2 Å². The summed E-state index contributed by atoms with van der Waals surface area (Å²) in [5, 5.41) is 63.7. The number of hydrogen-bond donors (Lipinski definition) is 6. The van der Waals surface area contributed by atoms with Crippen molar-refractivity contribution >= 4 is 17.6 Å². The zero-order chi connectivity index (χ0) is 58.7. The predicted octanol–water partition coefficient (Wildman–Crippen LogP) is 4.21. The van der Waals surface area contributed by atoms with E-state index in [1.807, 2.05) is 26.8 Å². The van der Waals surface area contributed by atoms with Crippen molar-refractivity contribution in [2.45, 2.75) is 259 Å². The van der Waals surface area contributed by atoms with Crippen molar-refractivity contribution in [3.8, 4) is 0 Å². The lowest BCUT2D eigenvalue weighted by atomic mass is 9.42. The molecule has 8 aliphatic rings. The topological polar surface area (TPSA) is 277 Å². The summed E-state index contributed by atoms with van der Waals surface area (Å²) in [5.74, 6) is -1.84. The molecule has 81 heavy (non-hydrogen) atoms. The van der Waals surface area contributed by atoms with Gasteiger partial charge in [-0.25, -0.2) is 4.79 Å². The third kappa shape index (κ3) is 11.1. The number of anilines is 1. The maximum absolute atomic E-state index is 13.6. The van der Waals surface area contributed by atoms with Gasteiger partial charge in [-0.3, -0.25) is 4.79 Å². The Labute approximate surface area is 475 Å². The van der Waals surface area contributed by atoms with E-state index in [-0.39, 0.29) is 37.4 Å². The Bertz CT molecular complexity index is 2380. The van der Waals surface area contributed by atoms with Crippen molar-refractivity contribution in [1.29, 1.82) is 0 Å². The highest BCUT2D eigenvalue weighted by atomic mass is 16.8. The monoisotopic (exact) mass is 1150 g/mol. The van der Waals surface area contributed by atoms with Crippen LogP contribution in [0.15, 0.2) is 35.9 Å². The van der Waals surface area contributed by atoms with Gasteiger partial charge in [0.25, 0.3) is 0 Å². The molecule has 4 aliphatic carbocycles. The molecular weight excluding hydrogens is 1060 g/mol. The molecule has 0 aromatic heterocycles. The summed E-state index contributed by atoms with van der Waals surface area (Å²) < 4.78 is 87.0. The van der Waals surface area contributed by atoms with E-state index in [2.05, 4.69) is 12.2 Å². The molecule has 4 aliphatic heterocycles. The lowest BCUT2D eigenvalue weighted by Crippen LogP contribution is -2.78. The average Bonchev–Trinajstić information content (AvgIpc) is 2.24. The van der Waals surface area contributed by atoms with Crippen LogP contribution in [0.1, 0.15) is 130 Å². The fourth-order valence-corrected chi connectivity index (χ4v) is 15.6. The second-order valence-corrected chi connectivity index (χ2v) is 24.5. The zero-order valence-corrected chi connectivity index (χ0v) is 49.4. The van der Waals surface area contributed by atoms with Crippen LogP contribution in [0.2, 0.25) is 0 Å². The van der Waals surface area contributed by atoms with Crippen LogP contribution in [0, 0.1) is 16.7 Å². The Hall–Kier alpha value is -2.98. The fourth-order valence-electron chi connectivity index (χ4n) is 15.6. The van der Waals surface area contributed by atoms with Gasteiger partial charge in [0.2, 0.25) is 0 Å². The quantitative estimate of drug-likeness (QED) is 0.0941. The van der Waals surface area contributed by atoms with Gasteiger partial charge in [0.1, 0.15) is 65.6 Å². The van der Waals surface area contributed by atoms with Crippen molar-refractivity contribution in [1.82, 2.24) is 0 Å². The van der Waals surface area contributed by atoms with E-state index in [0.29, 0.717) is 44.2 Å². The smallest absolute Gasteiger partial charge is 0.340 e. The van der Waals surface area contributed by atoms with E-state index < -0.39 is 162 Å². The zero-order valence-electron chi connectivity index (χ0n) is 49.4. The van der Waals surface area contributed by atoms with Crippen molar-refractivity contribution in [2.75, 3.05) is 40.8 Å². The molecule has 22 nitrogen and oxygen atoms in total. The van der Waals surface area contributed by atoms with Crippen LogP contribution in [0.5, 0.6) is 0 Å². The Morgan fingerprint density at radius 1 is 0.691 bits per heavy atom. The molecule has 1 aromatic rings. The Kier molecular flexibility index (Phi) is 18.9. The molecule has 9 rings (SSSR count). The van der Waals surface area contributed by atoms with E-state index in [9.17, 15) is 35.1 Å².